The first-order chi connectivity index (χ1) is 11.8. The van der Waals surface area contributed by atoms with Crippen LogP contribution in [0.15, 0.2) is 66.9 Å². The second-order valence-corrected chi connectivity index (χ2v) is 5.71. The normalized spacial score (nSPS) is 10.4. The Kier molecular flexibility index (Phi) is 5.40. The van der Waals surface area contributed by atoms with E-state index in [1.165, 1.54) is 16.7 Å². The van der Waals surface area contributed by atoms with Gasteiger partial charge in [-0.15, -0.1) is 0 Å². The lowest BCUT2D eigenvalue weighted by Crippen LogP contribution is -2.09. The van der Waals surface area contributed by atoms with Gasteiger partial charge in [0.2, 0.25) is 5.95 Å². The van der Waals surface area contributed by atoms with Crippen molar-refractivity contribution >= 4 is 11.8 Å². The summed E-state index contributed by atoms with van der Waals surface area (Å²) in [7, 11) is 0. The highest BCUT2D eigenvalue weighted by atomic mass is 15.1. The minimum Gasteiger partial charge on any atom is -0.370 e. The Hall–Kier alpha value is -2.88. The molecular formula is C20H22N4. The minimum atomic E-state index is 0.642. The summed E-state index contributed by atoms with van der Waals surface area (Å²) in [5, 5.41) is 6.64. The highest BCUT2D eigenvalue weighted by Gasteiger charge is 2.01. The van der Waals surface area contributed by atoms with Crippen molar-refractivity contribution in [2.24, 2.45) is 0 Å². The fourth-order valence-electron chi connectivity index (χ4n) is 2.50. The van der Waals surface area contributed by atoms with Crippen LogP contribution in [0.3, 0.4) is 0 Å². The molecule has 122 valence electrons. The molecule has 0 saturated heterocycles. The van der Waals surface area contributed by atoms with E-state index in [1.807, 2.05) is 24.3 Å². The van der Waals surface area contributed by atoms with Crippen molar-refractivity contribution in [3.05, 3.63) is 83.6 Å². The lowest BCUT2D eigenvalue weighted by atomic mass is 10.1. The zero-order chi connectivity index (χ0) is 16.6. The Balaban J connectivity index is 1.53. The van der Waals surface area contributed by atoms with E-state index in [0.717, 1.165) is 25.3 Å². The van der Waals surface area contributed by atoms with E-state index in [0.29, 0.717) is 5.95 Å². The van der Waals surface area contributed by atoms with Crippen LogP contribution >= 0.6 is 0 Å². The summed E-state index contributed by atoms with van der Waals surface area (Å²) in [5.74, 6) is 1.48. The topological polar surface area (TPSA) is 49.8 Å². The molecule has 0 unspecified atom stereocenters. The van der Waals surface area contributed by atoms with Crippen LogP contribution in [0.5, 0.6) is 0 Å². The van der Waals surface area contributed by atoms with Crippen LogP contribution in [-0.4, -0.2) is 16.5 Å². The number of nitrogens with zero attached hydrogens (tertiary/aromatic N) is 2. The third-order valence-corrected chi connectivity index (χ3v) is 3.92. The number of benzene rings is 2. The highest BCUT2D eigenvalue weighted by molar-refractivity contribution is 5.40. The summed E-state index contributed by atoms with van der Waals surface area (Å²) >= 11 is 0. The Labute approximate surface area is 143 Å². The average Bonchev–Trinajstić information content (AvgIpc) is 2.62. The molecule has 2 N–H and O–H groups in total. The van der Waals surface area contributed by atoms with E-state index < -0.39 is 0 Å². The number of anilines is 2. The number of aromatic nitrogens is 2. The van der Waals surface area contributed by atoms with Crippen molar-refractivity contribution in [2.75, 3.05) is 17.2 Å². The summed E-state index contributed by atoms with van der Waals surface area (Å²) < 4.78 is 0. The Bertz CT molecular complexity index is 771. The molecule has 0 spiro atoms. The molecule has 4 nitrogen and oxygen atoms in total. The first-order valence-electron chi connectivity index (χ1n) is 8.20. The number of hydrogen-bond acceptors (Lipinski definition) is 4. The van der Waals surface area contributed by atoms with Gasteiger partial charge in [-0.2, -0.15) is 4.98 Å². The van der Waals surface area contributed by atoms with E-state index in [2.05, 4.69) is 63.9 Å². The standard InChI is InChI=1S/C20H22N4/c1-16-7-5-6-10-18(16)15-23-20-22-14-12-19(24-20)21-13-11-17-8-3-2-4-9-17/h2-10,12,14H,11,13,15H2,1H3,(H2,21,22,23,24). The maximum Gasteiger partial charge on any atom is 0.224 e. The van der Waals surface area contributed by atoms with Crippen LogP contribution in [0, 0.1) is 6.92 Å². The second kappa shape index (κ2) is 8.11. The van der Waals surface area contributed by atoms with Crippen LogP contribution in [0.4, 0.5) is 11.8 Å². The van der Waals surface area contributed by atoms with E-state index in [-0.39, 0.29) is 0 Å². The summed E-state index contributed by atoms with van der Waals surface area (Å²) in [4.78, 5) is 8.80. The third kappa shape index (κ3) is 4.56. The Morgan fingerprint density at radius 2 is 1.67 bits per heavy atom. The molecule has 0 atom stereocenters. The SMILES string of the molecule is Cc1ccccc1CNc1nccc(NCCc2ccccc2)n1. The maximum atomic E-state index is 4.52. The third-order valence-electron chi connectivity index (χ3n) is 3.92. The molecule has 0 saturated carbocycles. The molecule has 2 aromatic carbocycles. The molecule has 0 radical (unpaired) electrons. The number of aryl methyl sites for hydroxylation is 1. The van der Waals surface area contributed by atoms with Crippen LogP contribution in [0.2, 0.25) is 0 Å². The van der Waals surface area contributed by atoms with Gasteiger partial charge in [-0.3, -0.25) is 0 Å². The number of nitrogens with one attached hydrogen (secondary N) is 2. The lowest BCUT2D eigenvalue weighted by Gasteiger charge is -2.10. The van der Waals surface area contributed by atoms with Gasteiger partial charge in [0.15, 0.2) is 0 Å². The van der Waals surface area contributed by atoms with Crippen molar-refractivity contribution in [3.8, 4) is 0 Å². The average molecular weight is 318 g/mol. The van der Waals surface area contributed by atoms with Gasteiger partial charge in [0.25, 0.3) is 0 Å². The molecule has 4 heteroatoms. The van der Waals surface area contributed by atoms with Gasteiger partial charge in [-0.05, 0) is 36.1 Å². The largest absolute Gasteiger partial charge is 0.370 e. The van der Waals surface area contributed by atoms with Crippen molar-refractivity contribution in [3.63, 3.8) is 0 Å². The summed E-state index contributed by atoms with van der Waals surface area (Å²) in [6.07, 6.45) is 2.74. The smallest absolute Gasteiger partial charge is 0.224 e. The molecule has 3 aromatic rings. The molecule has 0 amide bonds. The Morgan fingerprint density at radius 1 is 0.875 bits per heavy atom. The number of rotatable bonds is 7. The zero-order valence-electron chi connectivity index (χ0n) is 13.9. The predicted molar refractivity (Wildman–Crippen MR) is 99.2 cm³/mol. The summed E-state index contributed by atoms with van der Waals surface area (Å²) in [6, 6.07) is 20.6. The lowest BCUT2D eigenvalue weighted by molar-refractivity contribution is 0.989. The van der Waals surface area contributed by atoms with E-state index in [9.17, 15) is 0 Å². The fraction of sp³-hybridized carbons (Fsp3) is 0.200. The molecule has 0 fully saturated rings. The van der Waals surface area contributed by atoms with Crippen LogP contribution in [-0.2, 0) is 13.0 Å². The molecule has 1 heterocycles. The molecule has 0 aliphatic rings. The van der Waals surface area contributed by atoms with Crippen molar-refractivity contribution in [2.45, 2.75) is 19.9 Å². The van der Waals surface area contributed by atoms with Gasteiger partial charge in [0.05, 0.1) is 0 Å². The van der Waals surface area contributed by atoms with Crippen LogP contribution in [0.1, 0.15) is 16.7 Å². The predicted octanol–water partition coefficient (Wildman–Crippen LogP) is 4.05. The molecule has 0 bridgehead atoms. The summed E-state index contributed by atoms with van der Waals surface area (Å²) in [6.45, 7) is 3.68. The maximum absolute atomic E-state index is 4.52. The van der Waals surface area contributed by atoms with Gasteiger partial charge in [-0.1, -0.05) is 54.6 Å². The van der Waals surface area contributed by atoms with Crippen molar-refractivity contribution in [1.82, 2.24) is 9.97 Å². The van der Waals surface area contributed by atoms with Crippen molar-refractivity contribution in [1.29, 1.82) is 0 Å². The van der Waals surface area contributed by atoms with E-state index in [1.54, 1.807) is 6.20 Å². The first kappa shape index (κ1) is 16.0. The molecular weight excluding hydrogens is 296 g/mol. The van der Waals surface area contributed by atoms with Gasteiger partial charge in [0.1, 0.15) is 5.82 Å². The summed E-state index contributed by atoms with van der Waals surface area (Å²) in [5.41, 5.74) is 3.84. The van der Waals surface area contributed by atoms with E-state index >= 15 is 0 Å². The molecule has 0 aliphatic heterocycles. The van der Waals surface area contributed by atoms with Crippen LogP contribution in [0.25, 0.3) is 0 Å². The van der Waals surface area contributed by atoms with Crippen LogP contribution < -0.4 is 10.6 Å². The highest BCUT2D eigenvalue weighted by Crippen LogP contribution is 2.11. The van der Waals surface area contributed by atoms with E-state index in [4.69, 9.17) is 0 Å². The molecule has 0 aliphatic carbocycles. The molecule has 1 aromatic heterocycles. The van der Waals surface area contributed by atoms with Gasteiger partial charge >= 0.3 is 0 Å². The minimum absolute atomic E-state index is 0.642. The zero-order valence-corrected chi connectivity index (χ0v) is 13.9. The quantitative estimate of drug-likeness (QED) is 0.690. The molecule has 3 rings (SSSR count). The Morgan fingerprint density at radius 3 is 2.50 bits per heavy atom. The fourth-order valence-corrected chi connectivity index (χ4v) is 2.50. The molecule has 24 heavy (non-hydrogen) atoms. The van der Waals surface area contributed by atoms with Gasteiger partial charge in [0, 0.05) is 19.3 Å². The first-order valence-corrected chi connectivity index (χ1v) is 8.20. The van der Waals surface area contributed by atoms with Gasteiger partial charge < -0.3 is 10.6 Å². The second-order valence-electron chi connectivity index (χ2n) is 5.71. The van der Waals surface area contributed by atoms with Crippen molar-refractivity contribution < 1.29 is 0 Å². The van der Waals surface area contributed by atoms with Gasteiger partial charge in [-0.25, -0.2) is 4.98 Å². The monoisotopic (exact) mass is 318 g/mol. The number of hydrogen-bond donors (Lipinski definition) is 2.